The number of nitrogens with one attached hydrogen (secondary N) is 1. The second kappa shape index (κ2) is 9.77. The Morgan fingerprint density at radius 1 is 1.17 bits per heavy atom. The van der Waals surface area contributed by atoms with Crippen molar-refractivity contribution in [2.24, 2.45) is 0 Å². The average Bonchev–Trinajstić information content (AvgIpc) is 3.53. The summed E-state index contributed by atoms with van der Waals surface area (Å²) in [6.07, 6.45) is 7.53. The normalized spacial score (nSPS) is 15.3. The Bertz CT molecular complexity index is 1460. The van der Waals surface area contributed by atoms with Crippen LogP contribution in [-0.2, 0) is 30.8 Å². The van der Waals surface area contributed by atoms with Gasteiger partial charge < -0.3 is 14.3 Å². The zero-order valence-electron chi connectivity index (χ0n) is 19.8. The Balaban J connectivity index is 1.50. The van der Waals surface area contributed by atoms with Gasteiger partial charge in [0.15, 0.2) is 11.2 Å². The van der Waals surface area contributed by atoms with Gasteiger partial charge >= 0.3 is 5.69 Å². The van der Waals surface area contributed by atoms with Crippen LogP contribution in [0.5, 0.6) is 0 Å². The van der Waals surface area contributed by atoms with E-state index in [-0.39, 0.29) is 24.0 Å². The molecule has 3 aromatic heterocycles. The molecule has 0 spiro atoms. The lowest BCUT2D eigenvalue weighted by atomic mass is 9.88. The summed E-state index contributed by atoms with van der Waals surface area (Å²) in [5, 5.41) is 3.05. The molecule has 9 nitrogen and oxygen atoms in total. The minimum atomic E-state index is -0.527. The van der Waals surface area contributed by atoms with E-state index in [4.69, 9.17) is 4.42 Å². The molecule has 4 aromatic rings. The van der Waals surface area contributed by atoms with Crippen molar-refractivity contribution in [2.45, 2.75) is 64.7 Å². The van der Waals surface area contributed by atoms with Crippen LogP contribution in [-0.4, -0.2) is 24.6 Å². The Morgan fingerprint density at radius 3 is 2.83 bits per heavy atom. The van der Waals surface area contributed by atoms with Gasteiger partial charge in [0.05, 0.1) is 25.2 Å². The maximum absolute atomic E-state index is 13.5. The van der Waals surface area contributed by atoms with E-state index in [0.29, 0.717) is 24.5 Å². The van der Waals surface area contributed by atoms with Gasteiger partial charge in [0, 0.05) is 6.54 Å². The molecule has 0 fully saturated rings. The van der Waals surface area contributed by atoms with E-state index >= 15 is 0 Å². The standard InChI is InChI=1S/C26H29N5O4/c1-2-3-13-30-24-23(29(17-27-24)15-19-10-7-14-35-19)25(33)31(26(30)34)16-22(32)28-21-12-6-9-18-8-4-5-11-20(18)21/h4-5,7-8,10-11,14,17,21H,2-3,6,9,12-13,15-16H2,1H3,(H,28,32)/t21-/m1/s1. The Labute approximate surface area is 202 Å². The number of fused-ring (bicyclic) bond motifs is 2. The third-order valence-electron chi connectivity index (χ3n) is 6.63. The summed E-state index contributed by atoms with van der Waals surface area (Å²) in [5.41, 5.74) is 1.91. The van der Waals surface area contributed by atoms with Crippen LogP contribution < -0.4 is 16.6 Å². The number of aryl methyl sites for hydroxylation is 2. The number of carbonyl (C=O) groups is 1. The molecule has 1 atom stereocenters. The predicted octanol–water partition coefficient (Wildman–Crippen LogP) is 2.99. The number of unbranched alkanes of at least 4 members (excludes halogenated alkanes) is 1. The molecule has 1 aliphatic carbocycles. The molecule has 0 saturated carbocycles. The summed E-state index contributed by atoms with van der Waals surface area (Å²) in [6, 6.07) is 11.5. The first-order valence-electron chi connectivity index (χ1n) is 12.1. The molecule has 0 saturated heterocycles. The number of rotatable bonds is 8. The third kappa shape index (κ3) is 4.45. The first-order valence-corrected chi connectivity index (χ1v) is 12.1. The fourth-order valence-corrected chi connectivity index (χ4v) is 4.87. The number of carbonyl (C=O) groups excluding carboxylic acids is 1. The monoisotopic (exact) mass is 475 g/mol. The fourth-order valence-electron chi connectivity index (χ4n) is 4.87. The van der Waals surface area contributed by atoms with E-state index in [9.17, 15) is 14.4 Å². The number of aromatic nitrogens is 4. The van der Waals surface area contributed by atoms with E-state index in [1.54, 1.807) is 23.2 Å². The SMILES string of the molecule is CCCCn1c(=O)n(CC(=O)N[C@@H]2CCCc3ccccc32)c(=O)c2c1ncn2Cc1ccco1. The number of hydrogen-bond donors (Lipinski definition) is 1. The van der Waals surface area contributed by atoms with Crippen molar-refractivity contribution < 1.29 is 9.21 Å². The molecule has 9 heteroatoms. The van der Waals surface area contributed by atoms with E-state index < -0.39 is 11.2 Å². The minimum absolute atomic E-state index is 0.126. The number of benzene rings is 1. The van der Waals surface area contributed by atoms with Crippen LogP contribution in [0.15, 0.2) is 63.0 Å². The van der Waals surface area contributed by atoms with Crippen LogP contribution in [0.1, 0.15) is 55.5 Å². The van der Waals surface area contributed by atoms with Crippen molar-refractivity contribution in [1.82, 2.24) is 24.0 Å². The molecule has 5 rings (SSSR count). The lowest BCUT2D eigenvalue weighted by molar-refractivity contribution is -0.122. The lowest BCUT2D eigenvalue weighted by Crippen LogP contribution is -2.45. The summed E-state index contributed by atoms with van der Waals surface area (Å²) in [4.78, 5) is 44.3. The minimum Gasteiger partial charge on any atom is -0.467 e. The maximum atomic E-state index is 13.5. The van der Waals surface area contributed by atoms with E-state index in [1.807, 2.05) is 31.2 Å². The highest BCUT2D eigenvalue weighted by molar-refractivity contribution is 5.77. The first kappa shape index (κ1) is 22.9. The highest BCUT2D eigenvalue weighted by atomic mass is 16.3. The fraction of sp³-hybridized carbons (Fsp3) is 0.385. The Morgan fingerprint density at radius 2 is 2.03 bits per heavy atom. The smallest absolute Gasteiger partial charge is 0.333 e. The Hall–Kier alpha value is -3.88. The van der Waals surface area contributed by atoms with Crippen LogP contribution in [0.25, 0.3) is 11.2 Å². The van der Waals surface area contributed by atoms with Crippen molar-refractivity contribution in [3.05, 3.63) is 86.7 Å². The van der Waals surface area contributed by atoms with Gasteiger partial charge in [-0.25, -0.2) is 14.3 Å². The van der Waals surface area contributed by atoms with E-state index in [2.05, 4.69) is 16.4 Å². The van der Waals surface area contributed by atoms with Crippen LogP contribution in [0.4, 0.5) is 0 Å². The topological polar surface area (TPSA) is 104 Å². The number of imidazole rings is 1. The van der Waals surface area contributed by atoms with Crippen LogP contribution in [0.2, 0.25) is 0 Å². The molecule has 0 aliphatic heterocycles. The average molecular weight is 476 g/mol. The van der Waals surface area contributed by atoms with E-state index in [1.165, 1.54) is 10.1 Å². The van der Waals surface area contributed by atoms with Crippen LogP contribution >= 0.6 is 0 Å². The van der Waals surface area contributed by atoms with Gasteiger partial charge in [-0.15, -0.1) is 0 Å². The zero-order valence-corrected chi connectivity index (χ0v) is 19.8. The van der Waals surface area contributed by atoms with Crippen molar-refractivity contribution in [3.63, 3.8) is 0 Å². The molecule has 1 N–H and O–H groups in total. The van der Waals surface area contributed by atoms with Gasteiger partial charge in [-0.3, -0.25) is 14.2 Å². The molecule has 3 heterocycles. The molecule has 35 heavy (non-hydrogen) atoms. The summed E-state index contributed by atoms with van der Waals surface area (Å²) < 4.78 is 9.64. The molecule has 1 aromatic carbocycles. The van der Waals surface area contributed by atoms with Gasteiger partial charge in [-0.1, -0.05) is 37.6 Å². The molecule has 0 bridgehead atoms. The summed E-state index contributed by atoms with van der Waals surface area (Å²) >= 11 is 0. The number of furan rings is 1. The molecular weight excluding hydrogens is 446 g/mol. The third-order valence-corrected chi connectivity index (χ3v) is 6.63. The quantitative estimate of drug-likeness (QED) is 0.422. The summed E-state index contributed by atoms with van der Waals surface area (Å²) in [6.45, 7) is 2.41. The number of hydrogen-bond acceptors (Lipinski definition) is 5. The van der Waals surface area contributed by atoms with Crippen molar-refractivity contribution in [2.75, 3.05) is 0 Å². The number of nitrogens with zero attached hydrogens (tertiary/aromatic N) is 4. The lowest BCUT2D eigenvalue weighted by Gasteiger charge is -2.26. The molecule has 1 amide bonds. The highest BCUT2D eigenvalue weighted by Gasteiger charge is 2.24. The van der Waals surface area contributed by atoms with Crippen molar-refractivity contribution in [1.29, 1.82) is 0 Å². The molecule has 1 aliphatic rings. The highest BCUT2D eigenvalue weighted by Crippen LogP contribution is 2.29. The van der Waals surface area contributed by atoms with Gasteiger partial charge in [0.1, 0.15) is 12.3 Å². The Kier molecular flexibility index (Phi) is 6.39. The van der Waals surface area contributed by atoms with Gasteiger partial charge in [0.25, 0.3) is 5.56 Å². The van der Waals surface area contributed by atoms with Crippen LogP contribution in [0.3, 0.4) is 0 Å². The molecule has 0 radical (unpaired) electrons. The largest absolute Gasteiger partial charge is 0.467 e. The van der Waals surface area contributed by atoms with E-state index in [0.717, 1.165) is 42.2 Å². The van der Waals surface area contributed by atoms with Gasteiger partial charge in [-0.05, 0) is 48.9 Å². The van der Waals surface area contributed by atoms with Crippen molar-refractivity contribution >= 4 is 17.1 Å². The van der Waals surface area contributed by atoms with Crippen LogP contribution in [0, 0.1) is 0 Å². The first-order chi connectivity index (χ1) is 17.1. The molecule has 0 unspecified atom stereocenters. The van der Waals surface area contributed by atoms with Gasteiger partial charge in [0.2, 0.25) is 5.91 Å². The summed E-state index contributed by atoms with van der Waals surface area (Å²) in [5.74, 6) is 0.305. The van der Waals surface area contributed by atoms with Gasteiger partial charge in [-0.2, -0.15) is 0 Å². The molecular formula is C26H29N5O4. The molecule has 182 valence electrons. The number of amides is 1. The zero-order chi connectivity index (χ0) is 24.4. The second-order valence-corrected chi connectivity index (χ2v) is 9.01. The second-order valence-electron chi connectivity index (χ2n) is 9.01. The summed E-state index contributed by atoms with van der Waals surface area (Å²) in [7, 11) is 0. The predicted molar refractivity (Wildman–Crippen MR) is 131 cm³/mol. The van der Waals surface area contributed by atoms with Crippen molar-refractivity contribution in [3.8, 4) is 0 Å². The maximum Gasteiger partial charge on any atom is 0.333 e.